The average molecular weight is 354 g/mol. The lowest BCUT2D eigenvalue weighted by atomic mass is 10.2. The molecule has 0 aliphatic heterocycles. The third-order valence-corrected chi connectivity index (χ3v) is 8.35. The van der Waals surface area contributed by atoms with E-state index in [1.54, 1.807) is 6.07 Å². The molecular formula is C17H26O6Si. The number of carbonyl (C=O) groups excluding carboxylic acids is 2. The van der Waals surface area contributed by atoms with Crippen molar-refractivity contribution in [3.05, 3.63) is 18.2 Å². The highest BCUT2D eigenvalue weighted by Crippen LogP contribution is 2.39. The molecule has 0 saturated heterocycles. The van der Waals surface area contributed by atoms with Gasteiger partial charge in [0.25, 0.3) is 0 Å². The summed E-state index contributed by atoms with van der Waals surface area (Å²) in [4.78, 5) is 22.8. The van der Waals surface area contributed by atoms with E-state index in [-0.39, 0.29) is 16.5 Å². The number of rotatable bonds is 5. The molecule has 0 aliphatic rings. The summed E-state index contributed by atoms with van der Waals surface area (Å²) in [6.07, 6.45) is -1.06. The van der Waals surface area contributed by atoms with Gasteiger partial charge >= 0.3 is 11.9 Å². The van der Waals surface area contributed by atoms with Gasteiger partial charge in [-0.25, -0.2) is 4.79 Å². The van der Waals surface area contributed by atoms with E-state index in [9.17, 15) is 14.7 Å². The van der Waals surface area contributed by atoms with E-state index in [0.29, 0.717) is 5.75 Å². The van der Waals surface area contributed by atoms with Crippen molar-refractivity contribution in [2.75, 3.05) is 0 Å². The van der Waals surface area contributed by atoms with Crippen molar-refractivity contribution in [3.63, 3.8) is 0 Å². The van der Waals surface area contributed by atoms with Crippen LogP contribution in [0, 0.1) is 0 Å². The van der Waals surface area contributed by atoms with Crippen molar-refractivity contribution in [2.45, 2.75) is 58.9 Å². The van der Waals surface area contributed by atoms with Gasteiger partial charge in [-0.2, -0.15) is 0 Å². The first-order chi connectivity index (χ1) is 10.8. The summed E-state index contributed by atoms with van der Waals surface area (Å²) in [7, 11) is -2.06. The van der Waals surface area contributed by atoms with E-state index in [0.717, 1.165) is 0 Å². The normalized spacial score (nSPS) is 13.1. The van der Waals surface area contributed by atoms with E-state index < -0.39 is 26.4 Å². The van der Waals surface area contributed by atoms with E-state index in [2.05, 4.69) is 33.9 Å². The van der Waals surface area contributed by atoms with E-state index in [1.165, 1.54) is 26.0 Å². The Balaban J connectivity index is 2.95. The van der Waals surface area contributed by atoms with Gasteiger partial charge < -0.3 is 19.0 Å². The molecule has 0 aliphatic carbocycles. The zero-order valence-corrected chi connectivity index (χ0v) is 16.3. The lowest BCUT2D eigenvalue weighted by molar-refractivity contribution is -0.159. The summed E-state index contributed by atoms with van der Waals surface area (Å²) < 4.78 is 16.0. The molecule has 7 heteroatoms. The van der Waals surface area contributed by atoms with Gasteiger partial charge in [-0.05, 0) is 37.2 Å². The number of esters is 2. The van der Waals surface area contributed by atoms with Crippen LogP contribution in [0.15, 0.2) is 18.2 Å². The second kappa shape index (κ2) is 7.25. The molecule has 24 heavy (non-hydrogen) atoms. The van der Waals surface area contributed by atoms with Gasteiger partial charge in [-0.15, -0.1) is 0 Å². The highest BCUT2D eigenvalue weighted by Gasteiger charge is 2.39. The van der Waals surface area contributed by atoms with Crippen LogP contribution in [0.3, 0.4) is 0 Å². The van der Waals surface area contributed by atoms with Crippen LogP contribution in [0.1, 0.15) is 34.6 Å². The fourth-order valence-corrected chi connectivity index (χ4v) is 2.60. The van der Waals surface area contributed by atoms with Gasteiger partial charge in [0.05, 0.1) is 0 Å². The molecule has 0 fully saturated rings. The Bertz CT molecular complexity index is 618. The minimum Gasteiger partial charge on any atom is -0.543 e. The Morgan fingerprint density at radius 3 is 2.29 bits per heavy atom. The Hall–Kier alpha value is -2.02. The molecule has 1 aromatic rings. The zero-order chi connectivity index (χ0) is 18.7. The van der Waals surface area contributed by atoms with Gasteiger partial charge in [0.15, 0.2) is 17.6 Å². The second-order valence-corrected chi connectivity index (χ2v) is 11.9. The predicted molar refractivity (Wildman–Crippen MR) is 92.8 cm³/mol. The van der Waals surface area contributed by atoms with Crippen molar-refractivity contribution in [2.24, 2.45) is 0 Å². The summed E-state index contributed by atoms with van der Waals surface area (Å²) in [6, 6.07) is 4.50. The van der Waals surface area contributed by atoms with Crippen LogP contribution in [-0.2, 0) is 14.3 Å². The fourth-order valence-electron chi connectivity index (χ4n) is 1.58. The maximum absolute atomic E-state index is 11.9. The maximum Gasteiger partial charge on any atom is 0.352 e. The molecule has 0 amide bonds. The molecule has 0 saturated carbocycles. The third-order valence-electron chi connectivity index (χ3n) is 4.00. The van der Waals surface area contributed by atoms with Gasteiger partial charge in [-0.3, -0.25) is 4.79 Å². The average Bonchev–Trinajstić information content (AvgIpc) is 2.40. The molecule has 1 N–H and O–H groups in total. The van der Waals surface area contributed by atoms with E-state index in [4.69, 9.17) is 13.9 Å². The first-order valence-electron chi connectivity index (χ1n) is 7.74. The number of phenols is 1. The summed E-state index contributed by atoms with van der Waals surface area (Å²) in [5.41, 5.74) is 0. The summed E-state index contributed by atoms with van der Waals surface area (Å²) in [5.74, 6) is -1.07. The standard InChI is InChI=1S/C17H26O6Si/c1-11(21-12(2)18)16(20)22-15-10-13(8-9-14(15)19)23-24(6,7)17(3,4)5/h8-11,19H,1-7H3/t11-/m1/s1. The Morgan fingerprint density at radius 1 is 1.21 bits per heavy atom. The Kier molecular flexibility index (Phi) is 6.05. The Labute approximate surface area is 143 Å². The number of hydrogen-bond acceptors (Lipinski definition) is 6. The molecule has 0 spiro atoms. The highest BCUT2D eigenvalue weighted by atomic mass is 28.4. The first kappa shape index (κ1) is 20.0. The monoisotopic (exact) mass is 354 g/mol. The summed E-state index contributed by atoms with van der Waals surface area (Å²) in [6.45, 7) is 13.1. The highest BCUT2D eigenvalue weighted by molar-refractivity contribution is 6.74. The first-order valence-corrected chi connectivity index (χ1v) is 10.7. The minimum atomic E-state index is -2.06. The molecule has 1 atom stereocenters. The third kappa shape index (κ3) is 5.26. The quantitative estimate of drug-likeness (QED) is 0.494. The fraction of sp³-hybridized carbons (Fsp3) is 0.529. The SMILES string of the molecule is CC(=O)O[C@H](C)C(=O)Oc1cc(O[Si](C)(C)C(C)(C)C)ccc1O. The van der Waals surface area contributed by atoms with Crippen molar-refractivity contribution >= 4 is 20.3 Å². The second-order valence-electron chi connectivity index (χ2n) is 7.16. The molecule has 0 aromatic heterocycles. The van der Waals surface area contributed by atoms with Crippen molar-refractivity contribution in [1.29, 1.82) is 0 Å². The van der Waals surface area contributed by atoms with Crippen LogP contribution in [0.2, 0.25) is 18.1 Å². The van der Waals surface area contributed by atoms with Crippen molar-refractivity contribution in [3.8, 4) is 17.2 Å². The van der Waals surface area contributed by atoms with E-state index in [1.807, 2.05) is 0 Å². The minimum absolute atomic E-state index is 0.00552. The molecule has 134 valence electrons. The van der Waals surface area contributed by atoms with Crippen LogP contribution < -0.4 is 9.16 Å². The van der Waals surface area contributed by atoms with Crippen LogP contribution in [0.5, 0.6) is 17.2 Å². The number of aromatic hydroxyl groups is 1. The number of hydrogen-bond donors (Lipinski definition) is 1. The predicted octanol–water partition coefficient (Wildman–Crippen LogP) is 3.63. The molecule has 1 rings (SSSR count). The van der Waals surface area contributed by atoms with Gasteiger partial charge in [-0.1, -0.05) is 20.8 Å². The lowest BCUT2D eigenvalue weighted by Gasteiger charge is -2.36. The lowest BCUT2D eigenvalue weighted by Crippen LogP contribution is -2.43. The maximum atomic E-state index is 11.9. The summed E-state index contributed by atoms with van der Waals surface area (Å²) >= 11 is 0. The Morgan fingerprint density at radius 2 is 1.79 bits per heavy atom. The number of carbonyl (C=O) groups is 2. The van der Waals surface area contributed by atoms with E-state index >= 15 is 0 Å². The van der Waals surface area contributed by atoms with Gasteiger partial charge in [0, 0.05) is 13.0 Å². The van der Waals surface area contributed by atoms with Crippen LogP contribution in [-0.4, -0.2) is 31.5 Å². The molecule has 0 radical (unpaired) electrons. The smallest absolute Gasteiger partial charge is 0.352 e. The topological polar surface area (TPSA) is 82.1 Å². The van der Waals surface area contributed by atoms with Crippen molar-refractivity contribution in [1.82, 2.24) is 0 Å². The van der Waals surface area contributed by atoms with Crippen LogP contribution >= 0.6 is 0 Å². The molecular weight excluding hydrogens is 328 g/mol. The zero-order valence-electron chi connectivity index (χ0n) is 15.3. The largest absolute Gasteiger partial charge is 0.543 e. The van der Waals surface area contributed by atoms with Crippen LogP contribution in [0.4, 0.5) is 0 Å². The molecule has 1 aromatic carbocycles. The number of ether oxygens (including phenoxy) is 2. The molecule has 6 nitrogen and oxygen atoms in total. The molecule has 0 unspecified atom stereocenters. The summed E-state index contributed by atoms with van der Waals surface area (Å²) in [5, 5.41) is 9.88. The van der Waals surface area contributed by atoms with Crippen molar-refractivity contribution < 1.29 is 28.6 Å². The van der Waals surface area contributed by atoms with Crippen LogP contribution in [0.25, 0.3) is 0 Å². The number of phenolic OH excluding ortho intramolecular Hbond substituents is 1. The van der Waals surface area contributed by atoms with Gasteiger partial charge in [0.2, 0.25) is 8.32 Å². The van der Waals surface area contributed by atoms with Gasteiger partial charge in [0.1, 0.15) is 5.75 Å². The molecule has 0 heterocycles. The molecule has 0 bridgehead atoms. The number of benzene rings is 1.